The predicted octanol–water partition coefficient (Wildman–Crippen LogP) is 2.69. The Morgan fingerprint density at radius 1 is 1.85 bits per heavy atom. The van der Waals surface area contributed by atoms with Gasteiger partial charge in [0.05, 0.1) is 4.92 Å². The van der Waals surface area contributed by atoms with Crippen molar-refractivity contribution in [3.63, 3.8) is 0 Å². The Morgan fingerprint density at radius 2 is 2.54 bits per heavy atom. The lowest BCUT2D eigenvalue weighted by Crippen LogP contribution is -2.16. The summed E-state index contributed by atoms with van der Waals surface area (Å²) in [5, 5.41) is 10.4. The molecule has 0 spiro atoms. The van der Waals surface area contributed by atoms with Gasteiger partial charge in [-0.1, -0.05) is 19.1 Å². The van der Waals surface area contributed by atoms with Crippen molar-refractivity contribution in [2.45, 2.75) is 19.8 Å². The molecule has 1 aliphatic rings. The van der Waals surface area contributed by atoms with Crippen LogP contribution < -0.4 is 0 Å². The minimum atomic E-state index is -0.362. The molecule has 1 rings (SSSR count). The SMILES string of the molecule is C=CC1(CC)C=CC([N+](=O)[O-])=CC1. The summed E-state index contributed by atoms with van der Waals surface area (Å²) in [6.07, 6.45) is 8.56. The van der Waals surface area contributed by atoms with Gasteiger partial charge in [0, 0.05) is 11.5 Å². The van der Waals surface area contributed by atoms with E-state index in [1.807, 2.05) is 12.2 Å². The first-order valence-electron chi connectivity index (χ1n) is 4.31. The van der Waals surface area contributed by atoms with E-state index in [-0.39, 0.29) is 16.0 Å². The number of rotatable bonds is 3. The van der Waals surface area contributed by atoms with Crippen molar-refractivity contribution in [3.05, 3.63) is 46.7 Å². The van der Waals surface area contributed by atoms with Gasteiger partial charge in [-0.25, -0.2) is 0 Å². The number of hydrogen-bond acceptors (Lipinski definition) is 2. The molecule has 3 heteroatoms. The van der Waals surface area contributed by atoms with Gasteiger partial charge < -0.3 is 0 Å². The molecule has 0 amide bonds. The fourth-order valence-electron chi connectivity index (χ4n) is 1.38. The topological polar surface area (TPSA) is 43.1 Å². The van der Waals surface area contributed by atoms with Gasteiger partial charge in [0.2, 0.25) is 0 Å². The van der Waals surface area contributed by atoms with Crippen LogP contribution in [-0.2, 0) is 0 Å². The van der Waals surface area contributed by atoms with Gasteiger partial charge >= 0.3 is 0 Å². The Balaban J connectivity index is 2.83. The lowest BCUT2D eigenvalue weighted by atomic mass is 9.79. The molecule has 13 heavy (non-hydrogen) atoms. The molecule has 3 nitrogen and oxygen atoms in total. The first-order chi connectivity index (χ1) is 6.13. The van der Waals surface area contributed by atoms with Gasteiger partial charge in [0.1, 0.15) is 0 Å². The molecule has 0 aromatic rings. The second kappa shape index (κ2) is 3.56. The maximum atomic E-state index is 10.4. The average molecular weight is 179 g/mol. The van der Waals surface area contributed by atoms with Gasteiger partial charge in [0.25, 0.3) is 5.70 Å². The van der Waals surface area contributed by atoms with Crippen molar-refractivity contribution in [2.75, 3.05) is 0 Å². The van der Waals surface area contributed by atoms with Crippen molar-refractivity contribution in [1.82, 2.24) is 0 Å². The Bertz CT molecular complexity index is 291. The second-order valence-electron chi connectivity index (χ2n) is 3.21. The number of hydrogen-bond donors (Lipinski definition) is 0. The summed E-state index contributed by atoms with van der Waals surface area (Å²) in [5.74, 6) is 0. The molecule has 0 aromatic carbocycles. The summed E-state index contributed by atoms with van der Waals surface area (Å²) in [6, 6.07) is 0. The zero-order valence-electron chi connectivity index (χ0n) is 7.69. The van der Waals surface area contributed by atoms with Crippen LogP contribution in [0.25, 0.3) is 0 Å². The lowest BCUT2D eigenvalue weighted by Gasteiger charge is -2.25. The number of nitrogens with zero attached hydrogens (tertiary/aromatic N) is 1. The molecule has 0 N–H and O–H groups in total. The van der Waals surface area contributed by atoms with Crippen LogP contribution in [0.15, 0.2) is 36.6 Å². The molecule has 0 bridgehead atoms. The van der Waals surface area contributed by atoms with Crippen LogP contribution in [0, 0.1) is 15.5 Å². The van der Waals surface area contributed by atoms with Crippen LogP contribution in [0.4, 0.5) is 0 Å². The van der Waals surface area contributed by atoms with Crippen LogP contribution in [0.3, 0.4) is 0 Å². The van der Waals surface area contributed by atoms with Gasteiger partial charge in [-0.2, -0.15) is 0 Å². The molecular formula is C10H13NO2. The van der Waals surface area contributed by atoms with Gasteiger partial charge in [0.15, 0.2) is 0 Å². The highest BCUT2D eigenvalue weighted by molar-refractivity contribution is 5.25. The summed E-state index contributed by atoms with van der Waals surface area (Å²) >= 11 is 0. The summed E-state index contributed by atoms with van der Waals surface area (Å²) in [4.78, 5) is 10.0. The molecule has 0 radical (unpaired) electrons. The first kappa shape index (κ1) is 9.71. The largest absolute Gasteiger partial charge is 0.265 e. The Kier molecular flexibility index (Phi) is 2.66. The fourth-order valence-corrected chi connectivity index (χ4v) is 1.38. The molecule has 1 atom stereocenters. The third-order valence-electron chi connectivity index (χ3n) is 2.55. The number of nitro groups is 1. The van der Waals surface area contributed by atoms with E-state index in [1.54, 1.807) is 12.2 Å². The molecule has 1 aliphatic carbocycles. The molecule has 1 unspecified atom stereocenters. The van der Waals surface area contributed by atoms with E-state index in [1.165, 1.54) is 0 Å². The van der Waals surface area contributed by atoms with E-state index < -0.39 is 0 Å². The molecule has 0 saturated heterocycles. The summed E-state index contributed by atoms with van der Waals surface area (Å²) in [5.41, 5.74) is 0.116. The van der Waals surface area contributed by atoms with Crippen LogP contribution in [0.2, 0.25) is 0 Å². The van der Waals surface area contributed by atoms with E-state index in [0.717, 1.165) is 6.42 Å². The average Bonchev–Trinajstić information content (AvgIpc) is 2.18. The van der Waals surface area contributed by atoms with Gasteiger partial charge in [-0.3, -0.25) is 10.1 Å². The highest BCUT2D eigenvalue weighted by Gasteiger charge is 2.25. The quantitative estimate of drug-likeness (QED) is 0.380. The molecule has 70 valence electrons. The lowest BCUT2D eigenvalue weighted by molar-refractivity contribution is -0.419. The maximum Gasteiger partial charge on any atom is 0.265 e. The van der Waals surface area contributed by atoms with Gasteiger partial charge in [-0.05, 0) is 18.9 Å². The molecule has 0 aromatic heterocycles. The van der Waals surface area contributed by atoms with Crippen molar-refractivity contribution in [1.29, 1.82) is 0 Å². The molecule has 0 fully saturated rings. The van der Waals surface area contributed by atoms with E-state index in [9.17, 15) is 10.1 Å². The highest BCUT2D eigenvalue weighted by Crippen LogP contribution is 2.34. The zero-order chi connectivity index (χ0) is 9.90. The zero-order valence-corrected chi connectivity index (χ0v) is 7.69. The fraction of sp³-hybridized carbons (Fsp3) is 0.400. The molecule has 0 saturated carbocycles. The highest BCUT2D eigenvalue weighted by atomic mass is 16.6. The Morgan fingerprint density at radius 3 is 2.85 bits per heavy atom. The van der Waals surface area contributed by atoms with E-state index in [2.05, 4.69) is 13.5 Å². The van der Waals surface area contributed by atoms with Crippen LogP contribution in [0.5, 0.6) is 0 Å². The standard InChI is InChI=1S/C10H13NO2/c1-3-10(4-2)7-5-9(6-8-10)11(12)13/h3,5-7H,1,4,8H2,2H3. The van der Waals surface area contributed by atoms with Crippen LogP contribution in [0.1, 0.15) is 19.8 Å². The second-order valence-corrected chi connectivity index (χ2v) is 3.21. The molecular weight excluding hydrogens is 166 g/mol. The molecule has 0 aliphatic heterocycles. The van der Waals surface area contributed by atoms with E-state index in [0.29, 0.717) is 6.42 Å². The first-order valence-corrected chi connectivity index (χ1v) is 4.31. The third-order valence-corrected chi connectivity index (χ3v) is 2.55. The predicted molar refractivity (Wildman–Crippen MR) is 51.8 cm³/mol. The normalized spacial score (nSPS) is 26.7. The smallest absolute Gasteiger partial charge is 0.258 e. The Hall–Kier alpha value is -1.38. The number of allylic oxidation sites excluding steroid dienone is 4. The minimum Gasteiger partial charge on any atom is -0.258 e. The van der Waals surface area contributed by atoms with Crippen molar-refractivity contribution in [2.24, 2.45) is 5.41 Å². The van der Waals surface area contributed by atoms with E-state index >= 15 is 0 Å². The van der Waals surface area contributed by atoms with E-state index in [4.69, 9.17) is 0 Å². The summed E-state index contributed by atoms with van der Waals surface area (Å²) < 4.78 is 0. The summed E-state index contributed by atoms with van der Waals surface area (Å²) in [6.45, 7) is 5.80. The summed E-state index contributed by atoms with van der Waals surface area (Å²) in [7, 11) is 0. The van der Waals surface area contributed by atoms with Gasteiger partial charge in [-0.15, -0.1) is 6.58 Å². The molecule has 0 heterocycles. The van der Waals surface area contributed by atoms with Crippen molar-refractivity contribution in [3.8, 4) is 0 Å². The van der Waals surface area contributed by atoms with Crippen molar-refractivity contribution < 1.29 is 4.92 Å². The van der Waals surface area contributed by atoms with Crippen molar-refractivity contribution >= 4 is 0 Å². The van der Waals surface area contributed by atoms with Crippen LogP contribution in [-0.4, -0.2) is 4.92 Å². The monoisotopic (exact) mass is 179 g/mol. The minimum absolute atomic E-state index is 0.0699. The van der Waals surface area contributed by atoms with Crippen LogP contribution >= 0.6 is 0 Å². The maximum absolute atomic E-state index is 10.4. The Labute approximate surface area is 77.6 Å². The third kappa shape index (κ3) is 1.86.